The Morgan fingerprint density at radius 1 is 1.23 bits per heavy atom. The third-order valence-electron chi connectivity index (χ3n) is 4.92. The minimum atomic E-state index is 0. The van der Waals surface area contributed by atoms with Crippen LogP contribution in [0.15, 0.2) is 17.1 Å². The third-order valence-corrected chi connectivity index (χ3v) is 4.92. The van der Waals surface area contributed by atoms with Crippen LogP contribution in [0.2, 0.25) is 0 Å². The summed E-state index contributed by atoms with van der Waals surface area (Å²) < 4.78 is 10.4. The lowest BCUT2D eigenvalue weighted by Crippen LogP contribution is -2.45. The first-order valence-corrected chi connectivity index (χ1v) is 9.02. The first kappa shape index (κ1) is 22.7. The van der Waals surface area contributed by atoms with Gasteiger partial charge < -0.3 is 25.2 Å². The van der Waals surface area contributed by atoms with E-state index in [0.29, 0.717) is 24.1 Å². The molecule has 0 heterocycles. The molecule has 1 aromatic rings. The number of guanidine groups is 1. The van der Waals surface area contributed by atoms with E-state index in [2.05, 4.69) is 22.5 Å². The zero-order valence-electron chi connectivity index (χ0n) is 16.2. The lowest BCUT2D eigenvalue weighted by atomic mass is 9.84. The van der Waals surface area contributed by atoms with E-state index in [1.165, 1.54) is 46.3 Å². The molecule has 1 aromatic carbocycles. The molecule has 0 aliphatic heterocycles. The molecule has 3 N–H and O–H groups in total. The van der Waals surface area contributed by atoms with Crippen LogP contribution in [-0.2, 0) is 6.54 Å². The Labute approximate surface area is 173 Å². The summed E-state index contributed by atoms with van der Waals surface area (Å²) in [6.07, 6.45) is 6.26. The lowest BCUT2D eigenvalue weighted by Gasteiger charge is -2.30. The minimum absolute atomic E-state index is 0. The number of aliphatic imine (C=N–C) groups is 1. The van der Waals surface area contributed by atoms with Crippen LogP contribution in [-0.4, -0.2) is 38.4 Å². The Balaban J connectivity index is 0.00000338. The Bertz CT molecular complexity index is 570. The van der Waals surface area contributed by atoms with Gasteiger partial charge in [-0.1, -0.05) is 26.2 Å². The highest BCUT2D eigenvalue weighted by Gasteiger charge is 2.21. The fourth-order valence-corrected chi connectivity index (χ4v) is 3.42. The Morgan fingerprint density at radius 2 is 1.88 bits per heavy atom. The molecule has 0 amide bonds. The van der Waals surface area contributed by atoms with Crippen LogP contribution in [0.4, 0.5) is 0 Å². The first-order chi connectivity index (χ1) is 12.1. The van der Waals surface area contributed by atoms with Gasteiger partial charge in [0, 0.05) is 19.6 Å². The van der Waals surface area contributed by atoms with Gasteiger partial charge in [0.05, 0.1) is 14.2 Å². The highest BCUT2D eigenvalue weighted by atomic mass is 127. The number of hydrogen-bond acceptors (Lipinski definition) is 4. The van der Waals surface area contributed by atoms with Crippen LogP contribution >= 0.6 is 24.0 Å². The maximum Gasteiger partial charge on any atom is 0.200 e. The van der Waals surface area contributed by atoms with Gasteiger partial charge in [-0.25, -0.2) is 0 Å². The van der Waals surface area contributed by atoms with Crippen molar-refractivity contribution in [2.75, 3.05) is 21.3 Å². The molecule has 0 aromatic heterocycles. The molecule has 148 valence electrons. The zero-order chi connectivity index (χ0) is 18.2. The van der Waals surface area contributed by atoms with Crippen molar-refractivity contribution in [1.82, 2.24) is 10.6 Å². The molecule has 0 spiro atoms. The molecule has 26 heavy (non-hydrogen) atoms. The summed E-state index contributed by atoms with van der Waals surface area (Å²) >= 11 is 0. The van der Waals surface area contributed by atoms with Crippen LogP contribution in [0.25, 0.3) is 0 Å². The summed E-state index contributed by atoms with van der Waals surface area (Å²) in [5.74, 6) is 2.43. The molecule has 2 rings (SSSR count). The van der Waals surface area contributed by atoms with Crippen LogP contribution in [0.1, 0.15) is 44.6 Å². The average Bonchev–Trinajstić information content (AvgIpc) is 2.65. The predicted molar refractivity (Wildman–Crippen MR) is 116 cm³/mol. The second kappa shape index (κ2) is 11.4. The van der Waals surface area contributed by atoms with Gasteiger partial charge in [0.15, 0.2) is 17.5 Å². The molecular weight excluding hydrogens is 445 g/mol. The van der Waals surface area contributed by atoms with Crippen LogP contribution < -0.4 is 20.1 Å². The van der Waals surface area contributed by atoms with E-state index in [1.54, 1.807) is 19.2 Å². The first-order valence-electron chi connectivity index (χ1n) is 9.02. The monoisotopic (exact) mass is 477 g/mol. The maximum atomic E-state index is 9.99. The molecule has 0 bridgehead atoms. The van der Waals surface area contributed by atoms with Gasteiger partial charge in [0.25, 0.3) is 0 Å². The van der Waals surface area contributed by atoms with Gasteiger partial charge in [-0.15, -0.1) is 24.0 Å². The Hall–Kier alpha value is -1.38. The highest BCUT2D eigenvalue weighted by molar-refractivity contribution is 14.0. The van der Waals surface area contributed by atoms with Crippen LogP contribution in [0.5, 0.6) is 17.2 Å². The summed E-state index contributed by atoms with van der Waals surface area (Å²) in [7, 11) is 4.84. The number of methoxy groups -OCH3 is 2. The van der Waals surface area contributed by atoms with Crippen molar-refractivity contribution in [1.29, 1.82) is 0 Å². The van der Waals surface area contributed by atoms with Crippen molar-refractivity contribution < 1.29 is 14.6 Å². The summed E-state index contributed by atoms with van der Waals surface area (Å²) in [6, 6.07) is 4.08. The number of nitrogens with one attached hydrogen (secondary N) is 2. The van der Waals surface area contributed by atoms with E-state index in [0.717, 1.165) is 17.4 Å². The molecular formula is C19H32IN3O3. The number of phenolic OH excluding ortho intramolecular Hbond substituents is 1. The molecule has 1 saturated carbocycles. The molecule has 1 aliphatic rings. The largest absolute Gasteiger partial charge is 0.502 e. The van der Waals surface area contributed by atoms with Gasteiger partial charge in [-0.05, 0) is 36.5 Å². The lowest BCUT2D eigenvalue weighted by molar-refractivity contribution is 0.298. The van der Waals surface area contributed by atoms with E-state index < -0.39 is 0 Å². The number of ether oxygens (including phenoxy) is 2. The molecule has 2 atom stereocenters. The van der Waals surface area contributed by atoms with E-state index >= 15 is 0 Å². The Kier molecular flexibility index (Phi) is 9.90. The number of phenols is 1. The van der Waals surface area contributed by atoms with Gasteiger partial charge in [0.2, 0.25) is 5.75 Å². The standard InChI is InChI=1S/C19H31N3O3.HI/c1-5-13-7-6-8-15(9-13)22-19(20-2)21-12-14-10-16(24-3)18(23)17(11-14)25-4;/h10-11,13,15,23H,5-9,12H2,1-4H3,(H2,20,21,22);1H. The highest BCUT2D eigenvalue weighted by Crippen LogP contribution is 2.37. The predicted octanol–water partition coefficient (Wildman–Crippen LogP) is 3.66. The normalized spacial score (nSPS) is 20.1. The molecule has 1 fully saturated rings. The van der Waals surface area contributed by atoms with Crippen molar-refractivity contribution in [3.05, 3.63) is 17.7 Å². The quantitative estimate of drug-likeness (QED) is 0.331. The third kappa shape index (κ3) is 6.10. The number of rotatable bonds is 6. The van der Waals surface area contributed by atoms with E-state index in [1.807, 2.05) is 0 Å². The summed E-state index contributed by atoms with van der Waals surface area (Å²) in [5.41, 5.74) is 0.949. The van der Waals surface area contributed by atoms with Crippen molar-refractivity contribution in [3.8, 4) is 17.2 Å². The summed E-state index contributed by atoms with van der Waals surface area (Å²) in [5, 5.41) is 16.9. The van der Waals surface area contributed by atoms with Crippen LogP contribution in [0, 0.1) is 5.92 Å². The number of benzene rings is 1. The van der Waals surface area contributed by atoms with E-state index in [-0.39, 0.29) is 29.7 Å². The molecule has 7 heteroatoms. The number of hydrogen-bond donors (Lipinski definition) is 3. The number of halogens is 1. The van der Waals surface area contributed by atoms with Crippen molar-refractivity contribution in [2.24, 2.45) is 10.9 Å². The Morgan fingerprint density at radius 3 is 2.42 bits per heavy atom. The summed E-state index contributed by atoms with van der Waals surface area (Å²) in [6.45, 7) is 2.84. The molecule has 6 nitrogen and oxygen atoms in total. The minimum Gasteiger partial charge on any atom is -0.502 e. The zero-order valence-corrected chi connectivity index (χ0v) is 18.5. The van der Waals surface area contributed by atoms with Crippen molar-refractivity contribution in [3.63, 3.8) is 0 Å². The number of nitrogens with zero attached hydrogens (tertiary/aromatic N) is 1. The van der Waals surface area contributed by atoms with Gasteiger partial charge in [-0.3, -0.25) is 4.99 Å². The second-order valence-corrected chi connectivity index (χ2v) is 6.56. The van der Waals surface area contributed by atoms with E-state index in [9.17, 15) is 5.11 Å². The molecule has 1 aliphatic carbocycles. The average molecular weight is 477 g/mol. The van der Waals surface area contributed by atoms with Crippen molar-refractivity contribution >= 4 is 29.9 Å². The van der Waals surface area contributed by atoms with Crippen molar-refractivity contribution in [2.45, 2.75) is 51.6 Å². The molecule has 0 saturated heterocycles. The topological polar surface area (TPSA) is 75.1 Å². The molecule has 2 unspecified atom stereocenters. The van der Waals surface area contributed by atoms with E-state index in [4.69, 9.17) is 9.47 Å². The van der Waals surface area contributed by atoms with Crippen LogP contribution in [0.3, 0.4) is 0 Å². The SMILES string of the molecule is CCC1CCCC(NC(=NC)NCc2cc(OC)c(O)c(OC)c2)C1.I. The fourth-order valence-electron chi connectivity index (χ4n) is 3.42. The molecule has 0 radical (unpaired) electrons. The maximum absolute atomic E-state index is 9.99. The van der Waals surface area contributed by atoms with Gasteiger partial charge in [0.1, 0.15) is 0 Å². The van der Waals surface area contributed by atoms with Gasteiger partial charge in [-0.2, -0.15) is 0 Å². The fraction of sp³-hybridized carbons (Fsp3) is 0.632. The number of aromatic hydroxyl groups is 1. The smallest absolute Gasteiger partial charge is 0.200 e. The second-order valence-electron chi connectivity index (χ2n) is 6.56. The summed E-state index contributed by atoms with van der Waals surface area (Å²) in [4.78, 5) is 4.33. The van der Waals surface area contributed by atoms with Gasteiger partial charge >= 0.3 is 0 Å².